The Bertz CT molecular complexity index is 755. The summed E-state index contributed by atoms with van der Waals surface area (Å²) < 4.78 is 18.6. The lowest BCUT2D eigenvalue weighted by Gasteiger charge is -2.17. The summed E-state index contributed by atoms with van der Waals surface area (Å²) in [6.07, 6.45) is 0. The fourth-order valence-electron chi connectivity index (χ4n) is 2.02. The highest BCUT2D eigenvalue weighted by atomic mass is 32.2. The Morgan fingerprint density at radius 3 is 2.68 bits per heavy atom. The van der Waals surface area contributed by atoms with E-state index in [9.17, 15) is 14.0 Å². The van der Waals surface area contributed by atoms with Crippen molar-refractivity contribution >= 4 is 29.3 Å². The maximum absolute atomic E-state index is 13.5. The molecule has 2 aromatic rings. The number of carbonyl (C=O) groups excluding carboxylic acids is 2. The third kappa shape index (κ3) is 5.79. The zero-order valence-electron chi connectivity index (χ0n) is 14.0. The first-order chi connectivity index (χ1) is 12.0. The molecule has 0 aliphatic heterocycles. The molecule has 0 aromatic heterocycles. The van der Waals surface area contributed by atoms with E-state index in [1.807, 2.05) is 0 Å². The predicted octanol–water partition coefficient (Wildman–Crippen LogP) is 3.02. The third-order valence-electron chi connectivity index (χ3n) is 3.35. The highest BCUT2D eigenvalue weighted by Crippen LogP contribution is 2.21. The van der Waals surface area contributed by atoms with Gasteiger partial charge in [0.2, 0.25) is 11.8 Å². The Morgan fingerprint density at radius 2 is 1.96 bits per heavy atom. The van der Waals surface area contributed by atoms with Gasteiger partial charge in [-0.15, -0.1) is 11.8 Å². The summed E-state index contributed by atoms with van der Waals surface area (Å²) >= 11 is 1.11. The molecular formula is C18H19FN2O3S. The van der Waals surface area contributed by atoms with E-state index in [4.69, 9.17) is 4.74 Å². The first-order valence-corrected chi connectivity index (χ1v) is 8.53. The molecule has 0 bridgehead atoms. The molecule has 0 saturated heterocycles. The van der Waals surface area contributed by atoms with Gasteiger partial charge in [0, 0.05) is 23.7 Å². The number of hydrogen-bond donors (Lipinski definition) is 1. The first-order valence-electron chi connectivity index (χ1n) is 7.55. The van der Waals surface area contributed by atoms with Crippen LogP contribution in [0, 0.1) is 5.82 Å². The zero-order valence-corrected chi connectivity index (χ0v) is 14.8. The van der Waals surface area contributed by atoms with Crippen molar-refractivity contribution in [2.45, 2.75) is 4.90 Å². The monoisotopic (exact) mass is 362 g/mol. The van der Waals surface area contributed by atoms with Gasteiger partial charge < -0.3 is 15.0 Å². The second-order valence-corrected chi connectivity index (χ2v) is 6.27. The van der Waals surface area contributed by atoms with Gasteiger partial charge in [-0.25, -0.2) is 4.39 Å². The Labute approximate surface area is 150 Å². The number of thioether (sulfide) groups is 1. The lowest BCUT2D eigenvalue weighted by molar-refractivity contribution is -0.131. The molecule has 2 amide bonds. The average molecular weight is 362 g/mol. The van der Waals surface area contributed by atoms with Crippen LogP contribution in [0.15, 0.2) is 53.4 Å². The van der Waals surface area contributed by atoms with Crippen LogP contribution in [0.1, 0.15) is 0 Å². The number of amides is 2. The summed E-state index contributed by atoms with van der Waals surface area (Å²) in [7, 11) is 3.08. The molecule has 132 valence electrons. The van der Waals surface area contributed by atoms with Gasteiger partial charge in [0.1, 0.15) is 11.6 Å². The molecule has 7 heteroatoms. The number of halogens is 1. The van der Waals surface area contributed by atoms with Crippen molar-refractivity contribution in [2.75, 3.05) is 31.8 Å². The van der Waals surface area contributed by atoms with Crippen LogP contribution in [0.4, 0.5) is 10.1 Å². The fourth-order valence-corrected chi connectivity index (χ4v) is 2.90. The van der Waals surface area contributed by atoms with E-state index >= 15 is 0 Å². The minimum atomic E-state index is -0.362. The zero-order chi connectivity index (χ0) is 18.2. The van der Waals surface area contributed by atoms with Crippen LogP contribution >= 0.6 is 11.8 Å². The number of ether oxygens (including phenoxy) is 1. The number of hydrogen-bond acceptors (Lipinski definition) is 4. The van der Waals surface area contributed by atoms with Crippen LogP contribution in [0.2, 0.25) is 0 Å². The molecule has 0 unspecified atom stereocenters. The first kappa shape index (κ1) is 18.8. The van der Waals surface area contributed by atoms with Gasteiger partial charge in [-0.2, -0.15) is 0 Å². The van der Waals surface area contributed by atoms with Crippen LogP contribution < -0.4 is 10.1 Å². The second kappa shape index (κ2) is 9.08. The molecule has 0 saturated carbocycles. The van der Waals surface area contributed by atoms with Crippen LogP contribution in [-0.4, -0.2) is 43.2 Å². The normalized spacial score (nSPS) is 10.2. The Hall–Kier alpha value is -2.54. The van der Waals surface area contributed by atoms with Gasteiger partial charge in [0.25, 0.3) is 0 Å². The number of anilines is 1. The van der Waals surface area contributed by atoms with E-state index < -0.39 is 0 Å². The largest absolute Gasteiger partial charge is 0.497 e. The van der Waals surface area contributed by atoms with Crippen LogP contribution in [0.3, 0.4) is 0 Å². The number of methoxy groups -OCH3 is 1. The number of likely N-dealkylation sites (N-methyl/N-ethyl adjacent to an activating group) is 1. The van der Waals surface area contributed by atoms with E-state index in [1.165, 1.54) is 18.0 Å². The average Bonchev–Trinajstić information content (AvgIpc) is 2.60. The summed E-state index contributed by atoms with van der Waals surface area (Å²) in [6, 6.07) is 13.2. The number of benzene rings is 2. The molecule has 0 atom stereocenters. The third-order valence-corrected chi connectivity index (χ3v) is 4.38. The lowest BCUT2D eigenvalue weighted by Crippen LogP contribution is -2.35. The number of nitrogens with zero attached hydrogens (tertiary/aromatic N) is 1. The molecule has 0 heterocycles. The SMILES string of the molecule is COc1cccc(NC(=O)CN(C)C(=O)CSc2ccccc2F)c1. The second-order valence-electron chi connectivity index (χ2n) is 5.25. The van der Waals surface area contributed by atoms with Crippen molar-refractivity contribution in [1.29, 1.82) is 0 Å². The minimum Gasteiger partial charge on any atom is -0.497 e. The topological polar surface area (TPSA) is 58.6 Å². The van der Waals surface area contributed by atoms with Crippen molar-refractivity contribution in [3.63, 3.8) is 0 Å². The molecule has 2 aromatic carbocycles. The fraction of sp³-hybridized carbons (Fsp3) is 0.222. The van der Waals surface area contributed by atoms with E-state index in [0.29, 0.717) is 16.3 Å². The summed E-state index contributed by atoms with van der Waals surface area (Å²) in [6.45, 7) is -0.0894. The summed E-state index contributed by atoms with van der Waals surface area (Å²) in [5, 5.41) is 2.71. The molecule has 5 nitrogen and oxygen atoms in total. The highest BCUT2D eigenvalue weighted by molar-refractivity contribution is 8.00. The molecule has 25 heavy (non-hydrogen) atoms. The Kier molecular flexibility index (Phi) is 6.82. The van der Waals surface area contributed by atoms with E-state index in [0.717, 1.165) is 11.8 Å². The molecule has 0 spiro atoms. The molecular weight excluding hydrogens is 343 g/mol. The van der Waals surface area contributed by atoms with Crippen molar-refractivity contribution in [3.05, 3.63) is 54.3 Å². The van der Waals surface area contributed by atoms with Gasteiger partial charge in [-0.05, 0) is 24.3 Å². The van der Waals surface area contributed by atoms with E-state index in [2.05, 4.69) is 5.32 Å². The summed E-state index contributed by atoms with van der Waals surface area (Å²) in [4.78, 5) is 25.9. The predicted molar refractivity (Wildman–Crippen MR) is 96.4 cm³/mol. The Morgan fingerprint density at radius 1 is 1.20 bits per heavy atom. The van der Waals surface area contributed by atoms with Crippen molar-refractivity contribution in [1.82, 2.24) is 4.90 Å². The molecule has 0 fully saturated rings. The lowest BCUT2D eigenvalue weighted by atomic mass is 10.3. The molecule has 0 aliphatic rings. The van der Waals surface area contributed by atoms with Crippen LogP contribution in [0.25, 0.3) is 0 Å². The summed E-state index contributed by atoms with van der Waals surface area (Å²) in [5.41, 5.74) is 0.589. The maximum atomic E-state index is 13.5. The van der Waals surface area contributed by atoms with Crippen molar-refractivity contribution < 1.29 is 18.7 Å². The smallest absolute Gasteiger partial charge is 0.243 e. The van der Waals surface area contributed by atoms with Crippen molar-refractivity contribution in [2.24, 2.45) is 0 Å². The van der Waals surface area contributed by atoms with Gasteiger partial charge in [0.05, 0.1) is 19.4 Å². The molecule has 0 aliphatic carbocycles. The molecule has 1 N–H and O–H groups in total. The van der Waals surface area contributed by atoms with E-state index in [1.54, 1.807) is 49.6 Å². The minimum absolute atomic E-state index is 0.0594. The standard InChI is InChI=1S/C18H19FN2O3S/c1-21(18(23)12-25-16-9-4-3-8-15(16)19)11-17(22)20-13-6-5-7-14(10-13)24-2/h3-10H,11-12H2,1-2H3,(H,20,22). The van der Waals surface area contributed by atoms with Gasteiger partial charge in [0.15, 0.2) is 0 Å². The number of rotatable bonds is 7. The van der Waals surface area contributed by atoms with Crippen LogP contribution in [-0.2, 0) is 9.59 Å². The van der Waals surface area contributed by atoms with Gasteiger partial charge in [-0.1, -0.05) is 18.2 Å². The number of carbonyl (C=O) groups is 2. The van der Waals surface area contributed by atoms with Crippen molar-refractivity contribution in [3.8, 4) is 5.75 Å². The summed E-state index contributed by atoms with van der Waals surface area (Å²) in [5.74, 6) is -0.250. The maximum Gasteiger partial charge on any atom is 0.243 e. The molecule has 2 rings (SSSR count). The van der Waals surface area contributed by atoms with Gasteiger partial charge in [-0.3, -0.25) is 9.59 Å². The highest BCUT2D eigenvalue weighted by Gasteiger charge is 2.14. The quantitative estimate of drug-likeness (QED) is 0.769. The Balaban J connectivity index is 1.83. The number of nitrogens with one attached hydrogen (secondary N) is 1. The van der Waals surface area contributed by atoms with Crippen LogP contribution in [0.5, 0.6) is 5.75 Å². The van der Waals surface area contributed by atoms with Gasteiger partial charge >= 0.3 is 0 Å². The molecule has 0 radical (unpaired) electrons. The van der Waals surface area contributed by atoms with E-state index in [-0.39, 0.29) is 29.9 Å².